The van der Waals surface area contributed by atoms with Crippen molar-refractivity contribution in [2.75, 3.05) is 13.2 Å². The summed E-state index contributed by atoms with van der Waals surface area (Å²) in [5.74, 6) is -2.60. The van der Waals surface area contributed by atoms with Crippen LogP contribution in [0.3, 0.4) is 0 Å². The smallest absolute Gasteiger partial charge is 0.332 e. The van der Waals surface area contributed by atoms with Crippen molar-refractivity contribution in [3.63, 3.8) is 0 Å². The summed E-state index contributed by atoms with van der Waals surface area (Å²) in [7, 11) is 0. The fraction of sp³-hybridized carbons (Fsp3) is 0.842. The van der Waals surface area contributed by atoms with Crippen LogP contribution >= 0.6 is 0 Å². The van der Waals surface area contributed by atoms with Crippen molar-refractivity contribution in [2.45, 2.75) is 88.2 Å². The van der Waals surface area contributed by atoms with Gasteiger partial charge in [0.25, 0.3) is 0 Å². The van der Waals surface area contributed by atoms with Crippen molar-refractivity contribution >= 4 is 17.8 Å². The number of aliphatic hydroxyl groups is 5. The third kappa shape index (κ3) is 6.59. The average molecular weight is 496 g/mol. The number of carbonyl (C=O) groups excluding carboxylic acids is 2. The maximum absolute atomic E-state index is 11.7. The fourth-order valence-corrected chi connectivity index (χ4v) is 3.82. The zero-order valence-electron chi connectivity index (χ0n) is 18.8. The Bertz CT molecular complexity index is 724. The molecule has 0 bridgehead atoms. The summed E-state index contributed by atoms with van der Waals surface area (Å²) in [6.07, 6.45) is -13.5. The van der Waals surface area contributed by atoms with Gasteiger partial charge in [-0.2, -0.15) is 0 Å². The monoisotopic (exact) mass is 496 g/mol. The number of rotatable bonds is 9. The molecule has 196 valence electrons. The molecule has 8 N–H and O–H groups in total. The molecule has 0 radical (unpaired) electrons. The molecule has 15 nitrogen and oxygen atoms in total. The molecule has 15 heteroatoms. The average Bonchev–Trinajstić information content (AvgIpc) is 2.76. The summed E-state index contributed by atoms with van der Waals surface area (Å²) >= 11 is 0. The lowest BCUT2D eigenvalue weighted by Gasteiger charge is -2.48. The van der Waals surface area contributed by atoms with Gasteiger partial charge in [-0.15, -0.1) is 0 Å². The Hall–Kier alpha value is -1.95. The number of hydrogen-bond donors (Lipinski definition) is 8. The van der Waals surface area contributed by atoms with Crippen LogP contribution in [0.15, 0.2) is 0 Å². The van der Waals surface area contributed by atoms with Gasteiger partial charge in [-0.1, -0.05) is 0 Å². The van der Waals surface area contributed by atoms with E-state index in [0.29, 0.717) is 0 Å². The van der Waals surface area contributed by atoms with E-state index in [1.54, 1.807) is 0 Å². The van der Waals surface area contributed by atoms with E-state index in [0.717, 1.165) is 13.8 Å². The van der Waals surface area contributed by atoms with Gasteiger partial charge in [0.2, 0.25) is 11.8 Å². The minimum absolute atomic E-state index is 0.616. The molecule has 11 atom stereocenters. The van der Waals surface area contributed by atoms with Crippen LogP contribution in [-0.2, 0) is 33.3 Å². The van der Waals surface area contributed by atoms with Crippen LogP contribution in [0.4, 0.5) is 0 Å². The predicted octanol–water partition coefficient (Wildman–Crippen LogP) is -4.61. The SMILES string of the molecule is CC(=O)NC1C(OC2C(CO)OC(O)C(NC(C)=O)C2O[C@H](C)C(=O)O)OC(CO)C(O)C1O. The first-order chi connectivity index (χ1) is 15.9. The molecular formula is C19H32N2O13. The number of hydrogen-bond acceptors (Lipinski definition) is 12. The third-order valence-corrected chi connectivity index (χ3v) is 5.47. The first kappa shape index (κ1) is 28.3. The Labute approximate surface area is 194 Å². The summed E-state index contributed by atoms with van der Waals surface area (Å²) in [5, 5.41) is 64.4. The van der Waals surface area contributed by atoms with Gasteiger partial charge >= 0.3 is 5.97 Å². The number of ether oxygens (including phenoxy) is 4. The largest absolute Gasteiger partial charge is 0.479 e. The van der Waals surface area contributed by atoms with E-state index in [9.17, 15) is 45.0 Å². The van der Waals surface area contributed by atoms with E-state index < -0.39 is 98.4 Å². The second kappa shape index (κ2) is 12.1. The van der Waals surface area contributed by atoms with E-state index in [2.05, 4.69) is 10.6 Å². The number of carbonyl (C=O) groups is 3. The van der Waals surface area contributed by atoms with Gasteiger partial charge in [0.05, 0.1) is 13.2 Å². The Morgan fingerprint density at radius 1 is 0.882 bits per heavy atom. The molecular weight excluding hydrogens is 464 g/mol. The molecule has 0 spiro atoms. The van der Waals surface area contributed by atoms with Crippen molar-refractivity contribution in [1.29, 1.82) is 0 Å². The minimum Gasteiger partial charge on any atom is -0.479 e. The van der Waals surface area contributed by atoms with Crippen LogP contribution < -0.4 is 10.6 Å². The molecule has 2 aliphatic rings. The quantitative estimate of drug-likeness (QED) is 0.150. The molecule has 2 heterocycles. The molecule has 34 heavy (non-hydrogen) atoms. The Kier molecular flexibility index (Phi) is 10.1. The zero-order valence-corrected chi connectivity index (χ0v) is 18.8. The van der Waals surface area contributed by atoms with Crippen molar-refractivity contribution in [2.24, 2.45) is 0 Å². The fourth-order valence-electron chi connectivity index (χ4n) is 3.82. The van der Waals surface area contributed by atoms with E-state index in [1.807, 2.05) is 0 Å². The van der Waals surface area contributed by atoms with Gasteiger partial charge in [0, 0.05) is 13.8 Å². The van der Waals surface area contributed by atoms with Crippen molar-refractivity contribution < 1.29 is 64.0 Å². The molecule has 0 aromatic rings. The normalized spacial score (nSPS) is 39.2. The molecule has 0 aliphatic carbocycles. The van der Waals surface area contributed by atoms with Gasteiger partial charge in [-0.05, 0) is 6.92 Å². The molecule has 2 aliphatic heterocycles. The Morgan fingerprint density at radius 3 is 1.94 bits per heavy atom. The number of amides is 2. The van der Waals surface area contributed by atoms with Gasteiger partial charge in [0.1, 0.15) is 48.7 Å². The topological polar surface area (TPSA) is 234 Å². The van der Waals surface area contributed by atoms with E-state index >= 15 is 0 Å². The summed E-state index contributed by atoms with van der Waals surface area (Å²) in [6.45, 7) is 2.00. The highest BCUT2D eigenvalue weighted by Crippen LogP contribution is 2.30. The van der Waals surface area contributed by atoms with Crippen LogP contribution in [0.5, 0.6) is 0 Å². The van der Waals surface area contributed by atoms with Crippen molar-refractivity contribution in [1.82, 2.24) is 10.6 Å². The lowest BCUT2D eigenvalue weighted by Crippen LogP contribution is -2.69. The molecule has 0 aromatic heterocycles. The second-order valence-corrected chi connectivity index (χ2v) is 8.09. The molecule has 0 aromatic carbocycles. The van der Waals surface area contributed by atoms with Gasteiger partial charge in [-0.25, -0.2) is 4.79 Å². The summed E-state index contributed by atoms with van der Waals surface area (Å²) < 4.78 is 22.3. The van der Waals surface area contributed by atoms with Crippen LogP contribution in [0.25, 0.3) is 0 Å². The van der Waals surface area contributed by atoms with Crippen LogP contribution in [0.1, 0.15) is 20.8 Å². The number of carboxylic acids is 1. The van der Waals surface area contributed by atoms with Gasteiger partial charge in [-0.3, -0.25) is 9.59 Å². The summed E-state index contributed by atoms with van der Waals surface area (Å²) in [5.41, 5.74) is 0. The highest BCUT2D eigenvalue weighted by molar-refractivity contribution is 5.74. The van der Waals surface area contributed by atoms with E-state index in [-0.39, 0.29) is 0 Å². The standard InChI is InChI=1S/C19H32N2O13/c1-6(17(28)29)31-16-12(21-8(3)25)18(30)32-10(5-23)15(16)34-19-11(20-7(2)24)14(27)13(26)9(4-22)33-19/h6,9-16,18-19,22-23,26-27,30H,4-5H2,1-3H3,(H,20,24)(H,21,25)(H,28,29)/t6-,9?,10?,11?,12?,13?,14?,15?,16?,18?,19?/m1/s1. The van der Waals surface area contributed by atoms with Gasteiger partial charge in [0.15, 0.2) is 18.7 Å². The van der Waals surface area contributed by atoms with Crippen LogP contribution in [0.2, 0.25) is 0 Å². The first-order valence-corrected chi connectivity index (χ1v) is 10.6. The van der Waals surface area contributed by atoms with Crippen molar-refractivity contribution in [3.05, 3.63) is 0 Å². The second-order valence-electron chi connectivity index (χ2n) is 8.09. The maximum atomic E-state index is 11.7. The van der Waals surface area contributed by atoms with Gasteiger partial charge < -0.3 is 60.2 Å². The zero-order chi connectivity index (χ0) is 25.7. The predicted molar refractivity (Wildman–Crippen MR) is 108 cm³/mol. The Morgan fingerprint density at radius 2 is 1.44 bits per heavy atom. The molecule has 2 saturated heterocycles. The molecule has 2 rings (SSSR count). The Balaban J connectivity index is 2.44. The highest BCUT2D eigenvalue weighted by Gasteiger charge is 2.52. The first-order valence-electron chi connectivity index (χ1n) is 10.6. The maximum Gasteiger partial charge on any atom is 0.332 e. The van der Waals surface area contributed by atoms with Crippen LogP contribution in [-0.4, -0.2) is 129 Å². The third-order valence-electron chi connectivity index (χ3n) is 5.47. The van der Waals surface area contributed by atoms with Crippen molar-refractivity contribution in [3.8, 4) is 0 Å². The van der Waals surface area contributed by atoms with E-state index in [4.69, 9.17) is 18.9 Å². The number of aliphatic carboxylic acids is 1. The number of aliphatic hydroxyl groups excluding tert-OH is 5. The molecule has 2 fully saturated rings. The lowest BCUT2D eigenvalue weighted by molar-refractivity contribution is -0.333. The summed E-state index contributed by atoms with van der Waals surface area (Å²) in [6, 6.07) is -2.71. The summed E-state index contributed by atoms with van der Waals surface area (Å²) in [4.78, 5) is 34.8. The number of nitrogens with one attached hydrogen (secondary N) is 2. The molecule has 10 unspecified atom stereocenters. The minimum atomic E-state index is -1.72. The van der Waals surface area contributed by atoms with E-state index in [1.165, 1.54) is 6.92 Å². The molecule has 0 saturated carbocycles. The lowest BCUT2D eigenvalue weighted by atomic mass is 9.94. The molecule has 2 amide bonds. The number of carboxylic acid groups (broad SMARTS) is 1. The van der Waals surface area contributed by atoms with Crippen LogP contribution in [0, 0.1) is 0 Å². The highest BCUT2D eigenvalue weighted by atomic mass is 16.7.